The first-order valence-electron chi connectivity index (χ1n) is 15.9. The monoisotopic (exact) mass is 657 g/mol. The van der Waals surface area contributed by atoms with Crippen molar-refractivity contribution in [3.8, 4) is 5.75 Å². The molecule has 0 radical (unpaired) electrons. The zero-order chi connectivity index (χ0) is 35.5. The Kier molecular flexibility index (Phi) is 12.9. The molecule has 3 aromatic rings. The summed E-state index contributed by atoms with van der Waals surface area (Å²) in [6.45, 7) is 14.0. The lowest BCUT2D eigenvalue weighted by Gasteiger charge is -2.35. The van der Waals surface area contributed by atoms with Crippen LogP contribution in [0.25, 0.3) is 0 Å². The van der Waals surface area contributed by atoms with Crippen molar-refractivity contribution in [2.75, 3.05) is 6.54 Å². The quantitative estimate of drug-likeness (QED) is 0.160. The van der Waals surface area contributed by atoms with Gasteiger partial charge >= 0.3 is 12.1 Å². The van der Waals surface area contributed by atoms with E-state index in [-0.39, 0.29) is 30.7 Å². The highest BCUT2D eigenvalue weighted by atomic mass is 16.6. The van der Waals surface area contributed by atoms with E-state index in [2.05, 4.69) is 17.2 Å². The van der Waals surface area contributed by atoms with Crippen molar-refractivity contribution < 1.29 is 33.8 Å². The van der Waals surface area contributed by atoms with Crippen LogP contribution in [-0.4, -0.2) is 63.7 Å². The van der Waals surface area contributed by atoms with Gasteiger partial charge in [-0.15, -0.1) is 6.58 Å². The highest BCUT2D eigenvalue weighted by Crippen LogP contribution is 2.30. The molecule has 0 aliphatic heterocycles. The average molecular weight is 658 g/mol. The number of nitrogens with one attached hydrogen (secondary N) is 2. The van der Waals surface area contributed by atoms with Crippen LogP contribution in [0.1, 0.15) is 64.3 Å². The van der Waals surface area contributed by atoms with Crippen molar-refractivity contribution >= 4 is 23.9 Å². The summed E-state index contributed by atoms with van der Waals surface area (Å²) in [6.07, 6.45) is 0.824. The number of hydrogen-bond donors (Lipinski definition) is 3. The number of aromatic hydroxyl groups is 1. The standard InChI is InChI=1S/C38H47N3O7/c1-8-23-41(34(44)29(24-26-17-11-9-12-18-26)40-36(46)48-38(5,6)7)32(28-21-15-16-22-31(28)42)33(43)39-30(35(45)47-37(2,3)4)25-27-19-13-10-14-20-27/h8-22,29-30,32,42H,1,23-25H2,2-7H3,(H,39,43)(H,40,46). The zero-order valence-electron chi connectivity index (χ0n) is 28.6. The van der Waals surface area contributed by atoms with Crippen LogP contribution >= 0.6 is 0 Å². The summed E-state index contributed by atoms with van der Waals surface area (Å²) in [4.78, 5) is 56.6. The van der Waals surface area contributed by atoms with Gasteiger partial charge in [0.2, 0.25) is 11.8 Å². The first-order valence-corrected chi connectivity index (χ1v) is 15.9. The van der Waals surface area contributed by atoms with Crippen LogP contribution in [0.4, 0.5) is 4.79 Å². The van der Waals surface area contributed by atoms with Crippen molar-refractivity contribution in [2.24, 2.45) is 0 Å². The summed E-state index contributed by atoms with van der Waals surface area (Å²) in [6, 6.07) is 20.6. The molecular weight excluding hydrogens is 610 g/mol. The molecular formula is C38H47N3O7. The average Bonchev–Trinajstić information content (AvgIpc) is 3.00. The molecule has 48 heavy (non-hydrogen) atoms. The third-order valence-corrected chi connectivity index (χ3v) is 6.96. The SMILES string of the molecule is C=CCN(C(=O)C(Cc1ccccc1)NC(=O)OC(C)(C)C)C(C(=O)NC(Cc1ccccc1)C(=O)OC(C)(C)C)c1ccccc1O. The number of nitrogens with zero attached hydrogens (tertiary/aromatic N) is 1. The fraction of sp³-hybridized carbons (Fsp3) is 0.368. The van der Waals surface area contributed by atoms with Crippen LogP contribution in [0, 0.1) is 0 Å². The van der Waals surface area contributed by atoms with E-state index in [1.165, 1.54) is 23.1 Å². The van der Waals surface area contributed by atoms with Gasteiger partial charge in [0.1, 0.15) is 35.1 Å². The third-order valence-electron chi connectivity index (χ3n) is 6.96. The third kappa shape index (κ3) is 11.6. The fourth-order valence-corrected chi connectivity index (χ4v) is 5.00. The molecule has 0 aliphatic carbocycles. The lowest BCUT2D eigenvalue weighted by Crippen LogP contribution is -2.55. The van der Waals surface area contributed by atoms with Crippen LogP contribution in [0.3, 0.4) is 0 Å². The highest BCUT2D eigenvalue weighted by Gasteiger charge is 2.39. The van der Waals surface area contributed by atoms with Gasteiger partial charge in [0, 0.05) is 24.9 Å². The number of ether oxygens (including phenoxy) is 2. The topological polar surface area (TPSA) is 134 Å². The van der Waals surface area contributed by atoms with E-state index in [1.807, 2.05) is 60.7 Å². The number of amides is 3. The second kappa shape index (κ2) is 16.6. The summed E-state index contributed by atoms with van der Waals surface area (Å²) in [5, 5.41) is 16.5. The normalized spacial score (nSPS) is 13.3. The van der Waals surface area contributed by atoms with Crippen molar-refractivity contribution in [3.63, 3.8) is 0 Å². The number of benzene rings is 3. The minimum atomic E-state index is -1.43. The van der Waals surface area contributed by atoms with Crippen LogP contribution in [0.5, 0.6) is 5.75 Å². The largest absolute Gasteiger partial charge is 0.508 e. The lowest BCUT2D eigenvalue weighted by atomic mass is 9.98. The molecule has 10 heteroatoms. The minimum Gasteiger partial charge on any atom is -0.508 e. The van der Waals surface area contributed by atoms with Crippen molar-refractivity contribution in [2.45, 2.75) is 83.7 Å². The summed E-state index contributed by atoms with van der Waals surface area (Å²) in [5.74, 6) is -2.28. The number of esters is 1. The summed E-state index contributed by atoms with van der Waals surface area (Å²) in [5.41, 5.74) is -0.0305. The van der Waals surface area contributed by atoms with Gasteiger partial charge in [0.05, 0.1) is 0 Å². The smallest absolute Gasteiger partial charge is 0.408 e. The van der Waals surface area contributed by atoms with Crippen molar-refractivity contribution in [1.82, 2.24) is 15.5 Å². The Morgan fingerprint density at radius 3 is 1.75 bits per heavy atom. The predicted molar refractivity (Wildman–Crippen MR) is 184 cm³/mol. The number of hydrogen-bond acceptors (Lipinski definition) is 7. The van der Waals surface area contributed by atoms with Crippen LogP contribution in [-0.2, 0) is 36.7 Å². The fourth-order valence-electron chi connectivity index (χ4n) is 5.00. The van der Waals surface area contributed by atoms with Gasteiger partial charge in [-0.25, -0.2) is 9.59 Å². The molecule has 3 rings (SSSR count). The maximum atomic E-state index is 14.5. The van der Waals surface area contributed by atoms with E-state index in [0.29, 0.717) is 0 Å². The molecule has 0 aliphatic rings. The van der Waals surface area contributed by atoms with Crippen molar-refractivity contribution in [3.05, 3.63) is 114 Å². The van der Waals surface area contributed by atoms with E-state index in [1.54, 1.807) is 53.7 Å². The number of phenolic OH excluding ortho intramolecular Hbond substituents is 1. The van der Waals surface area contributed by atoms with E-state index in [9.17, 15) is 24.3 Å². The van der Waals surface area contributed by atoms with E-state index >= 15 is 0 Å². The number of alkyl carbamates (subject to hydrolysis) is 1. The molecule has 0 saturated carbocycles. The van der Waals surface area contributed by atoms with Gasteiger partial charge in [-0.2, -0.15) is 0 Å². The number of para-hydroxylation sites is 1. The van der Waals surface area contributed by atoms with Gasteiger partial charge in [-0.05, 0) is 58.7 Å². The van der Waals surface area contributed by atoms with Crippen LogP contribution < -0.4 is 10.6 Å². The van der Waals surface area contributed by atoms with Gasteiger partial charge < -0.3 is 30.1 Å². The highest BCUT2D eigenvalue weighted by molar-refractivity contribution is 5.94. The molecule has 3 aromatic carbocycles. The Morgan fingerprint density at radius 1 is 0.750 bits per heavy atom. The van der Waals surface area contributed by atoms with Gasteiger partial charge in [0.15, 0.2) is 0 Å². The molecule has 0 bridgehead atoms. The van der Waals surface area contributed by atoms with E-state index < -0.39 is 53.2 Å². The zero-order valence-corrected chi connectivity index (χ0v) is 28.6. The second-order valence-electron chi connectivity index (χ2n) is 13.4. The molecule has 0 aromatic heterocycles. The summed E-state index contributed by atoms with van der Waals surface area (Å²) >= 11 is 0. The van der Waals surface area contributed by atoms with E-state index in [4.69, 9.17) is 9.47 Å². The molecule has 3 atom stereocenters. The van der Waals surface area contributed by atoms with Gasteiger partial charge in [-0.1, -0.05) is 84.9 Å². The van der Waals surface area contributed by atoms with Gasteiger partial charge in [-0.3, -0.25) is 9.59 Å². The molecule has 0 heterocycles. The molecule has 0 fully saturated rings. The Balaban J connectivity index is 2.08. The number of carbonyl (C=O) groups is 4. The molecule has 10 nitrogen and oxygen atoms in total. The molecule has 0 saturated heterocycles. The number of rotatable bonds is 13. The molecule has 3 unspecified atom stereocenters. The summed E-state index contributed by atoms with van der Waals surface area (Å²) in [7, 11) is 0. The van der Waals surface area contributed by atoms with E-state index in [0.717, 1.165) is 11.1 Å². The minimum absolute atomic E-state index is 0.0796. The van der Waals surface area contributed by atoms with Crippen LogP contribution in [0.2, 0.25) is 0 Å². The van der Waals surface area contributed by atoms with Gasteiger partial charge in [0.25, 0.3) is 0 Å². The number of phenols is 1. The number of carbonyl (C=O) groups excluding carboxylic acids is 4. The molecule has 256 valence electrons. The van der Waals surface area contributed by atoms with Crippen LogP contribution in [0.15, 0.2) is 97.6 Å². The maximum Gasteiger partial charge on any atom is 0.408 e. The maximum absolute atomic E-state index is 14.5. The summed E-state index contributed by atoms with van der Waals surface area (Å²) < 4.78 is 11.1. The Hall–Kier alpha value is -5.12. The molecule has 3 N–H and O–H groups in total. The van der Waals surface area contributed by atoms with Crippen molar-refractivity contribution in [1.29, 1.82) is 0 Å². The second-order valence-corrected chi connectivity index (χ2v) is 13.4. The predicted octanol–water partition coefficient (Wildman–Crippen LogP) is 5.65. The lowest BCUT2D eigenvalue weighted by molar-refractivity contribution is -0.159. The Morgan fingerprint density at radius 2 is 1.25 bits per heavy atom. The first-order chi connectivity index (χ1) is 22.6. The molecule has 0 spiro atoms. The first kappa shape index (κ1) is 37.3. The molecule has 3 amide bonds. The Bertz CT molecular complexity index is 1550. The Labute approximate surface area is 283 Å².